The van der Waals surface area contributed by atoms with Crippen LogP contribution < -0.4 is 14.9 Å². The minimum absolute atomic E-state index is 0.165. The number of hydrogen-bond donors (Lipinski definition) is 0. The first-order valence-electron chi connectivity index (χ1n) is 8.58. The second-order valence-electron chi connectivity index (χ2n) is 6.31. The van der Waals surface area contributed by atoms with Gasteiger partial charge in [-0.25, -0.2) is 14.8 Å². The molecule has 1 aliphatic heterocycles. The van der Waals surface area contributed by atoms with Gasteiger partial charge in [-0.3, -0.25) is 24.8 Å². The number of nitro benzene ring substituents is 1. The molecule has 0 fully saturated rings. The maximum Gasteiger partial charge on any atom is 0.329 e. The van der Waals surface area contributed by atoms with Crippen molar-refractivity contribution in [2.75, 3.05) is 35.6 Å². The number of aromatic nitrogens is 1. The lowest BCUT2D eigenvalue weighted by molar-refractivity contribution is -0.387. The van der Waals surface area contributed by atoms with Crippen LogP contribution >= 0.6 is 0 Å². The molecule has 0 saturated carbocycles. The van der Waals surface area contributed by atoms with Gasteiger partial charge < -0.3 is 0 Å². The monoisotopic (exact) mass is 389 g/mol. The van der Waals surface area contributed by atoms with Crippen LogP contribution in [-0.2, 0) is 11.4 Å². The van der Waals surface area contributed by atoms with Crippen molar-refractivity contribution < 1.29 is 18.9 Å². The molecule has 1 aromatic carbocycles. The number of nitrogens with zero attached hydrogens (tertiary/aromatic N) is 5. The van der Waals surface area contributed by atoms with E-state index in [1.54, 1.807) is 31.1 Å². The Morgan fingerprint density at radius 1 is 1.36 bits per heavy atom. The zero-order valence-electron chi connectivity index (χ0n) is 16.0. The van der Waals surface area contributed by atoms with Gasteiger partial charge in [0.2, 0.25) is 5.82 Å². The van der Waals surface area contributed by atoms with E-state index in [0.29, 0.717) is 29.3 Å². The second kappa shape index (κ2) is 7.39. The van der Waals surface area contributed by atoms with Crippen molar-refractivity contribution in [3.05, 3.63) is 51.5 Å². The summed E-state index contributed by atoms with van der Waals surface area (Å²) in [6.45, 7) is 3.98. The fourth-order valence-corrected chi connectivity index (χ4v) is 3.16. The second-order valence-corrected chi connectivity index (χ2v) is 6.31. The van der Waals surface area contributed by atoms with E-state index >= 15 is 0 Å². The molecule has 2 aromatic rings. The molecule has 0 unspecified atom stereocenters. The highest BCUT2D eigenvalue weighted by Gasteiger charge is 2.33. The number of hydrogen-bond acceptors (Lipinski definition) is 6. The van der Waals surface area contributed by atoms with E-state index in [2.05, 4.69) is 4.98 Å². The molecule has 0 radical (unpaired) electrons. The number of aryl methyl sites for hydroxylation is 1. The number of rotatable bonds is 5. The highest BCUT2D eigenvalue weighted by atomic mass is 19.1. The zero-order valence-corrected chi connectivity index (χ0v) is 16.0. The summed E-state index contributed by atoms with van der Waals surface area (Å²) in [5.41, 5.74) is 1.50. The van der Waals surface area contributed by atoms with Gasteiger partial charge in [-0.15, -0.1) is 0 Å². The average molecular weight is 389 g/mol. The third kappa shape index (κ3) is 3.22. The van der Waals surface area contributed by atoms with Crippen LogP contribution in [0.15, 0.2) is 24.4 Å². The number of fused-ring (bicyclic) bond motifs is 1. The van der Waals surface area contributed by atoms with Crippen molar-refractivity contribution in [3.8, 4) is 0 Å². The minimum atomic E-state index is -0.933. The van der Waals surface area contributed by atoms with Gasteiger partial charge in [-0.1, -0.05) is 0 Å². The first kappa shape index (κ1) is 19.5. The number of benzene rings is 1. The largest absolute Gasteiger partial charge is 0.329 e. The molecule has 2 amide bonds. The van der Waals surface area contributed by atoms with Crippen LogP contribution in [0.5, 0.6) is 0 Å². The molecule has 1 aromatic heterocycles. The first-order chi connectivity index (χ1) is 13.3. The Morgan fingerprint density at radius 3 is 2.68 bits per heavy atom. The summed E-state index contributed by atoms with van der Waals surface area (Å²) in [7, 11) is 3.21. The fourth-order valence-electron chi connectivity index (χ4n) is 3.16. The molecular weight excluding hydrogens is 369 g/mol. The number of anilines is 3. The molecule has 9 nitrogen and oxygen atoms in total. The molecule has 148 valence electrons. The molecule has 28 heavy (non-hydrogen) atoms. The third-order valence-corrected chi connectivity index (χ3v) is 4.69. The number of carbonyl (C=O) groups is 1. The predicted molar refractivity (Wildman–Crippen MR) is 102 cm³/mol. The minimum Gasteiger partial charge on any atom is -0.294 e. The van der Waals surface area contributed by atoms with Gasteiger partial charge in [0.15, 0.2) is 5.82 Å². The zero-order chi connectivity index (χ0) is 20.6. The number of urea groups is 1. The van der Waals surface area contributed by atoms with E-state index in [1.807, 2.05) is 6.92 Å². The van der Waals surface area contributed by atoms with Crippen LogP contribution in [0.1, 0.15) is 18.1 Å². The molecule has 0 saturated heterocycles. The Labute approximate surface area is 161 Å². The molecule has 0 aliphatic carbocycles. The Morgan fingerprint density at radius 2 is 2.07 bits per heavy atom. The third-order valence-electron chi connectivity index (χ3n) is 4.69. The van der Waals surface area contributed by atoms with Gasteiger partial charge in [-0.2, -0.15) is 4.39 Å². The highest BCUT2D eigenvalue weighted by Crippen LogP contribution is 2.36. The molecule has 0 bridgehead atoms. The van der Waals surface area contributed by atoms with Gasteiger partial charge in [-0.05, 0) is 25.5 Å². The van der Waals surface area contributed by atoms with Crippen LogP contribution in [0.3, 0.4) is 0 Å². The van der Waals surface area contributed by atoms with Gasteiger partial charge >= 0.3 is 11.7 Å². The van der Waals surface area contributed by atoms with Gasteiger partial charge in [0.25, 0.3) is 0 Å². The molecule has 1 aliphatic rings. The summed E-state index contributed by atoms with van der Waals surface area (Å²) in [4.78, 5) is 35.8. The summed E-state index contributed by atoms with van der Waals surface area (Å²) in [6.07, 6.45) is 1.63. The van der Waals surface area contributed by atoms with Crippen molar-refractivity contribution in [1.29, 1.82) is 0 Å². The van der Waals surface area contributed by atoms with Gasteiger partial charge in [0, 0.05) is 37.5 Å². The average Bonchev–Trinajstić information content (AvgIpc) is 2.66. The van der Waals surface area contributed by atoms with Crippen molar-refractivity contribution in [2.45, 2.75) is 20.4 Å². The normalized spacial score (nSPS) is 13.5. The molecule has 10 heteroatoms. The predicted octanol–water partition coefficient (Wildman–Crippen LogP) is 3.40. The summed E-state index contributed by atoms with van der Waals surface area (Å²) in [5, 5.41) is 12.6. The number of halogens is 1. The van der Waals surface area contributed by atoms with Gasteiger partial charge in [0.1, 0.15) is 0 Å². The van der Waals surface area contributed by atoms with Crippen LogP contribution in [-0.4, -0.2) is 36.6 Å². The highest BCUT2D eigenvalue weighted by molar-refractivity contribution is 6.06. The van der Waals surface area contributed by atoms with Crippen molar-refractivity contribution in [3.63, 3.8) is 0 Å². The number of hydroxylamine groups is 1. The maximum atomic E-state index is 13.9. The van der Waals surface area contributed by atoms with E-state index in [-0.39, 0.29) is 12.6 Å². The van der Waals surface area contributed by atoms with Crippen molar-refractivity contribution in [2.24, 2.45) is 0 Å². The van der Waals surface area contributed by atoms with Crippen LogP contribution in [0.2, 0.25) is 0 Å². The van der Waals surface area contributed by atoms with Gasteiger partial charge in [0.05, 0.1) is 30.0 Å². The Bertz CT molecular complexity index is 952. The molecule has 3 rings (SSSR count). The summed E-state index contributed by atoms with van der Waals surface area (Å²) >= 11 is 0. The number of nitro groups is 1. The summed E-state index contributed by atoms with van der Waals surface area (Å²) in [6, 6.07) is 3.57. The van der Waals surface area contributed by atoms with E-state index in [0.717, 1.165) is 17.7 Å². The number of amides is 2. The fraction of sp³-hybridized carbons (Fsp3) is 0.333. The lowest BCUT2D eigenvalue weighted by atomic mass is 10.1. The Kier molecular flexibility index (Phi) is 5.14. The Hall–Kier alpha value is -3.27. The number of carbonyl (C=O) groups excluding carboxylic acids is 1. The van der Waals surface area contributed by atoms with E-state index in [4.69, 9.17) is 4.84 Å². The standard InChI is InChI=1S/C18H20FN5O4/c1-5-22-15-8-17(21(3)28-4)20-9-12(15)10-23(18(22)25)14-7-16(24(26)27)13(19)6-11(14)2/h6-9H,5,10H2,1-4H3. The van der Waals surface area contributed by atoms with E-state index in [1.165, 1.54) is 17.1 Å². The van der Waals surface area contributed by atoms with Crippen molar-refractivity contribution >= 4 is 28.9 Å². The smallest absolute Gasteiger partial charge is 0.294 e. The summed E-state index contributed by atoms with van der Waals surface area (Å²) < 4.78 is 13.9. The van der Waals surface area contributed by atoms with E-state index in [9.17, 15) is 19.3 Å². The SMILES string of the molecule is CCN1C(=O)N(c2cc([N+](=O)[O-])c(F)cc2C)Cc2cnc(N(C)OC)cc21. The van der Waals surface area contributed by atoms with Crippen LogP contribution in [0, 0.1) is 22.9 Å². The van der Waals surface area contributed by atoms with E-state index < -0.39 is 16.4 Å². The topological polar surface area (TPSA) is 92.0 Å². The molecule has 2 heterocycles. The maximum absolute atomic E-state index is 13.9. The lowest BCUT2D eigenvalue weighted by Crippen LogP contribution is -2.47. The van der Waals surface area contributed by atoms with Crippen LogP contribution in [0.4, 0.5) is 32.1 Å². The molecular formula is C18H20FN5O4. The quantitative estimate of drug-likeness (QED) is 0.575. The molecule has 0 N–H and O–H groups in total. The lowest BCUT2D eigenvalue weighted by Gasteiger charge is -2.37. The summed E-state index contributed by atoms with van der Waals surface area (Å²) in [5.74, 6) is -0.396. The number of pyridine rings is 1. The Balaban J connectivity index is 2.09. The molecule has 0 spiro atoms. The van der Waals surface area contributed by atoms with Crippen LogP contribution in [0.25, 0.3) is 0 Å². The van der Waals surface area contributed by atoms with Crippen molar-refractivity contribution in [1.82, 2.24) is 4.98 Å². The first-order valence-corrected chi connectivity index (χ1v) is 8.58. The molecule has 0 atom stereocenters.